The average molecular weight is 395 g/mol. The number of aromatic hydroxyl groups is 1. The van der Waals surface area contributed by atoms with E-state index in [1.54, 1.807) is 12.1 Å². The van der Waals surface area contributed by atoms with E-state index in [2.05, 4.69) is 20.8 Å². The topological polar surface area (TPSA) is 72.6 Å². The predicted octanol–water partition coefficient (Wildman–Crippen LogP) is 5.91. The third kappa shape index (κ3) is 3.47. The van der Waals surface area contributed by atoms with Crippen LogP contribution in [0.4, 0.5) is 5.69 Å². The van der Waals surface area contributed by atoms with Crippen LogP contribution in [0.1, 0.15) is 63.1 Å². The number of hydrogen-bond acceptors (Lipinski definition) is 4. The van der Waals surface area contributed by atoms with E-state index < -0.39 is 4.92 Å². The lowest BCUT2D eigenvalue weighted by molar-refractivity contribution is -0.384. The largest absolute Gasteiger partial charge is 0.504 e. The van der Waals surface area contributed by atoms with Crippen LogP contribution in [0, 0.1) is 21.4 Å². The summed E-state index contributed by atoms with van der Waals surface area (Å²) in [7, 11) is 0. The van der Waals surface area contributed by atoms with Gasteiger partial charge < -0.3 is 9.84 Å². The zero-order chi connectivity index (χ0) is 20.8. The van der Waals surface area contributed by atoms with Gasteiger partial charge in [0.2, 0.25) is 0 Å². The van der Waals surface area contributed by atoms with Crippen LogP contribution in [0.25, 0.3) is 0 Å². The third-order valence-corrected chi connectivity index (χ3v) is 7.25. The van der Waals surface area contributed by atoms with E-state index in [1.807, 2.05) is 12.1 Å². The molecule has 2 aliphatic carbocycles. The molecule has 5 nitrogen and oxygen atoms in total. The van der Waals surface area contributed by atoms with Crippen molar-refractivity contribution in [1.82, 2.24) is 0 Å². The Kier molecular flexibility index (Phi) is 4.80. The van der Waals surface area contributed by atoms with E-state index in [0.29, 0.717) is 22.6 Å². The molecular formula is C24H29NO4. The quantitative estimate of drug-likeness (QED) is 0.516. The van der Waals surface area contributed by atoms with Gasteiger partial charge in [-0.05, 0) is 71.3 Å². The molecule has 2 aromatic carbocycles. The number of phenolic OH excluding ortho intramolecular Hbond substituents is 1. The number of ether oxygens (including phenoxy) is 1. The van der Waals surface area contributed by atoms with Crippen LogP contribution in [-0.2, 0) is 18.4 Å². The van der Waals surface area contributed by atoms with E-state index in [-0.39, 0.29) is 23.5 Å². The summed E-state index contributed by atoms with van der Waals surface area (Å²) >= 11 is 0. The van der Waals surface area contributed by atoms with Gasteiger partial charge in [0, 0.05) is 12.1 Å². The van der Waals surface area contributed by atoms with Gasteiger partial charge in [0.25, 0.3) is 5.69 Å². The van der Waals surface area contributed by atoms with Gasteiger partial charge in [-0.2, -0.15) is 0 Å². The van der Waals surface area contributed by atoms with Crippen molar-refractivity contribution in [2.75, 3.05) is 0 Å². The third-order valence-electron chi connectivity index (χ3n) is 7.25. The predicted molar refractivity (Wildman–Crippen MR) is 112 cm³/mol. The number of nitrogens with zero attached hydrogens (tertiary/aromatic N) is 1. The Bertz CT molecular complexity index is 952. The van der Waals surface area contributed by atoms with Crippen LogP contribution in [0.5, 0.6) is 11.5 Å². The highest BCUT2D eigenvalue weighted by Crippen LogP contribution is 2.58. The number of aryl methyl sites for hydroxylation is 1. The molecule has 0 spiro atoms. The molecule has 0 bridgehead atoms. The maximum Gasteiger partial charge on any atom is 0.269 e. The fourth-order valence-electron chi connectivity index (χ4n) is 5.84. The van der Waals surface area contributed by atoms with E-state index >= 15 is 0 Å². The highest BCUT2D eigenvalue weighted by molar-refractivity contribution is 5.51. The molecule has 0 radical (unpaired) electrons. The van der Waals surface area contributed by atoms with Crippen LogP contribution < -0.4 is 4.74 Å². The minimum Gasteiger partial charge on any atom is -0.504 e. The average Bonchev–Trinajstić information content (AvgIpc) is 2.66. The van der Waals surface area contributed by atoms with Crippen LogP contribution in [-0.4, -0.2) is 10.0 Å². The van der Waals surface area contributed by atoms with E-state index in [0.717, 1.165) is 19.3 Å². The molecule has 5 heteroatoms. The lowest BCUT2D eigenvalue weighted by Gasteiger charge is -2.54. The molecule has 0 heterocycles. The fourth-order valence-corrected chi connectivity index (χ4v) is 5.84. The van der Waals surface area contributed by atoms with Crippen molar-refractivity contribution >= 4 is 5.69 Å². The second-order valence-electron chi connectivity index (χ2n) is 9.54. The SMILES string of the molecule is CC1(C)CCC[C@]2(C)c3cc(OCc4cccc([N+](=O)[O-])c4)c(O)cc3CC[C@@H]12. The summed E-state index contributed by atoms with van der Waals surface area (Å²) in [6, 6.07) is 10.3. The summed E-state index contributed by atoms with van der Waals surface area (Å²) in [4.78, 5) is 10.6. The standard InChI is InChI=1S/C24H29NO4/c1-23(2)10-5-11-24(3)19-14-21(20(26)13-17(19)8-9-22(23)24)29-15-16-6-4-7-18(12-16)25(27)28/h4,6-7,12-14,22,26H,5,8-11,15H2,1-3H3/t22-,24+/m0/s1. The number of phenols is 1. The Balaban J connectivity index is 1.63. The zero-order valence-electron chi connectivity index (χ0n) is 17.4. The monoisotopic (exact) mass is 395 g/mol. The van der Waals surface area contributed by atoms with Gasteiger partial charge in [0.1, 0.15) is 6.61 Å². The molecule has 1 N–H and O–H groups in total. The molecule has 2 aliphatic rings. The molecule has 1 saturated carbocycles. The molecule has 0 saturated heterocycles. The Labute approximate surface area is 171 Å². The van der Waals surface area contributed by atoms with Crippen LogP contribution >= 0.6 is 0 Å². The van der Waals surface area contributed by atoms with E-state index in [4.69, 9.17) is 4.74 Å². The smallest absolute Gasteiger partial charge is 0.269 e. The van der Waals surface area contributed by atoms with Gasteiger partial charge in [-0.25, -0.2) is 0 Å². The summed E-state index contributed by atoms with van der Waals surface area (Å²) in [5, 5.41) is 21.5. The minimum absolute atomic E-state index is 0.0422. The van der Waals surface area contributed by atoms with Crippen LogP contribution in [0.2, 0.25) is 0 Å². The maximum atomic E-state index is 11.0. The molecule has 0 amide bonds. The number of fused-ring (bicyclic) bond motifs is 3. The van der Waals surface area contributed by atoms with Crippen molar-refractivity contribution < 1.29 is 14.8 Å². The summed E-state index contributed by atoms with van der Waals surface area (Å²) in [6.07, 6.45) is 5.77. The molecule has 1 fully saturated rings. The lowest BCUT2D eigenvalue weighted by Crippen LogP contribution is -2.47. The van der Waals surface area contributed by atoms with Gasteiger partial charge in [0.15, 0.2) is 11.5 Å². The van der Waals surface area contributed by atoms with Gasteiger partial charge in [-0.3, -0.25) is 10.1 Å². The first kappa shape index (κ1) is 19.7. The van der Waals surface area contributed by atoms with Crippen molar-refractivity contribution in [2.45, 2.75) is 64.9 Å². The number of benzene rings is 2. The summed E-state index contributed by atoms with van der Waals surface area (Å²) in [5.41, 5.74) is 3.67. The van der Waals surface area contributed by atoms with Gasteiger partial charge in [-0.1, -0.05) is 39.3 Å². The Morgan fingerprint density at radius 3 is 2.76 bits per heavy atom. The number of nitro benzene ring substituents is 1. The summed E-state index contributed by atoms with van der Waals surface area (Å²) in [5.74, 6) is 1.22. The molecule has 2 atom stereocenters. The summed E-state index contributed by atoms with van der Waals surface area (Å²) < 4.78 is 5.93. The molecule has 4 rings (SSSR count). The van der Waals surface area contributed by atoms with Gasteiger partial charge >= 0.3 is 0 Å². The van der Waals surface area contributed by atoms with Crippen molar-refractivity contribution in [2.24, 2.45) is 11.3 Å². The van der Waals surface area contributed by atoms with E-state index in [9.17, 15) is 15.2 Å². The lowest BCUT2D eigenvalue weighted by atomic mass is 9.50. The molecule has 0 unspecified atom stereocenters. The second-order valence-corrected chi connectivity index (χ2v) is 9.54. The number of rotatable bonds is 4. The number of hydrogen-bond donors (Lipinski definition) is 1. The Morgan fingerprint density at radius 2 is 2.00 bits per heavy atom. The Hall–Kier alpha value is -2.56. The first-order valence-electron chi connectivity index (χ1n) is 10.4. The first-order chi connectivity index (χ1) is 13.7. The molecule has 0 aliphatic heterocycles. The molecule has 29 heavy (non-hydrogen) atoms. The van der Waals surface area contributed by atoms with Gasteiger partial charge in [0.05, 0.1) is 4.92 Å². The van der Waals surface area contributed by atoms with E-state index in [1.165, 1.54) is 36.1 Å². The molecule has 154 valence electrons. The van der Waals surface area contributed by atoms with Crippen molar-refractivity contribution in [3.63, 3.8) is 0 Å². The molecule has 2 aromatic rings. The normalized spacial score (nSPS) is 25.0. The molecule has 0 aromatic heterocycles. The summed E-state index contributed by atoms with van der Waals surface area (Å²) in [6.45, 7) is 7.33. The first-order valence-corrected chi connectivity index (χ1v) is 10.4. The van der Waals surface area contributed by atoms with Crippen molar-refractivity contribution in [3.8, 4) is 11.5 Å². The highest BCUT2D eigenvalue weighted by Gasteiger charge is 2.49. The number of nitro groups is 1. The minimum atomic E-state index is -0.411. The molecular weight excluding hydrogens is 366 g/mol. The number of non-ortho nitro benzene ring substituents is 1. The maximum absolute atomic E-state index is 11.0. The zero-order valence-corrected chi connectivity index (χ0v) is 17.4. The van der Waals surface area contributed by atoms with Crippen LogP contribution in [0.15, 0.2) is 36.4 Å². The fraction of sp³-hybridized carbons (Fsp3) is 0.500. The van der Waals surface area contributed by atoms with Crippen molar-refractivity contribution in [1.29, 1.82) is 0 Å². The van der Waals surface area contributed by atoms with Gasteiger partial charge in [-0.15, -0.1) is 0 Å². The highest BCUT2D eigenvalue weighted by atomic mass is 16.6. The van der Waals surface area contributed by atoms with Crippen molar-refractivity contribution in [3.05, 3.63) is 63.2 Å². The van der Waals surface area contributed by atoms with Crippen LogP contribution in [0.3, 0.4) is 0 Å². The second kappa shape index (κ2) is 7.05. The Morgan fingerprint density at radius 1 is 1.21 bits per heavy atom.